The molecule has 20 atom stereocenters. The lowest BCUT2D eigenvalue weighted by Crippen LogP contribution is -2.55. The number of nitrogens with zero attached hydrogens (tertiary/aromatic N) is 12. The van der Waals surface area contributed by atoms with Crippen LogP contribution in [0.2, 0.25) is 0 Å². The number of aliphatic hydroxyl groups excluding tert-OH is 16. The minimum atomic E-state index is -1.61. The van der Waals surface area contributed by atoms with E-state index in [1.54, 1.807) is 43.5 Å². The summed E-state index contributed by atoms with van der Waals surface area (Å²) in [6, 6.07) is 17.5. The molecule has 0 radical (unpaired) electrons. The summed E-state index contributed by atoms with van der Waals surface area (Å²) in [4.78, 5) is 0. The molecule has 0 saturated carbocycles. The molecule has 120 heavy (non-hydrogen) atoms. The molecule has 4 fully saturated rings. The van der Waals surface area contributed by atoms with Gasteiger partial charge >= 0.3 is 0 Å². The van der Waals surface area contributed by atoms with Gasteiger partial charge in [0.15, 0.2) is 0 Å². The molecule has 0 amide bonds. The number of aromatic nitrogens is 12. The van der Waals surface area contributed by atoms with Crippen LogP contribution in [0, 0.1) is 0 Å². The molecular formula is C84H116N12O24. The van der Waals surface area contributed by atoms with Crippen LogP contribution in [0.3, 0.4) is 0 Å². The first-order valence-corrected chi connectivity index (χ1v) is 42.0. The molecule has 13 rings (SSSR count). The standard InChI is InChI=1S/C84H116N12O24/c1-5-21-113-77-49-25-45(13-9-17-93-37-57(85-89-93)81-73(109)69(105)65(101)61(41-97)117-81)26-50(77)34-52-28-47(15-11-19-95-39-59(87-91-95)83-75(111)71(107)67(103)63(43-99)119-83)30-54(79(52)115-23-7-3)36-56-32-48(16-12-20-96-40-60(88-92-96)84-76(112)72(108)68(104)64(44-100)120-84)31-55(80(56)116-24-8-4)35-53-29-46(27-51(33-49)78(53)114-22-6-2)14-10-18-94-38-58(86-90-94)82-74(110)70(106)66(102)62(42-98)118-82/h25-32,37-40,61-76,81-84,97-112H,5-24,33-36,41-44H2,1-4H3. The lowest BCUT2D eigenvalue weighted by molar-refractivity contribution is -0.232. The molecule has 20 unspecified atom stereocenters. The molecule has 8 heterocycles. The zero-order chi connectivity index (χ0) is 85.0. The van der Waals surface area contributed by atoms with Crippen molar-refractivity contribution in [3.63, 3.8) is 0 Å². The van der Waals surface area contributed by atoms with E-state index in [1.807, 2.05) is 0 Å². The first kappa shape index (κ1) is 89.6. The minimum absolute atomic E-state index is 0.213. The Labute approximate surface area is 694 Å². The summed E-state index contributed by atoms with van der Waals surface area (Å²) in [7, 11) is 0. The summed E-state index contributed by atoms with van der Waals surface area (Å²) in [5.41, 5.74) is 11.8. The third-order valence-corrected chi connectivity index (χ3v) is 22.9. The van der Waals surface area contributed by atoms with Crippen LogP contribution in [0.1, 0.15) is 193 Å². The fourth-order valence-corrected chi connectivity index (χ4v) is 16.7. The van der Waals surface area contributed by atoms with Crippen LogP contribution in [0.4, 0.5) is 0 Å². The Morgan fingerprint density at radius 1 is 0.292 bits per heavy atom. The van der Waals surface area contributed by atoms with Gasteiger partial charge in [-0.3, -0.25) is 18.7 Å². The SMILES string of the molecule is CCCOc1c2cc(CCCn3cc(C4OC(CO)C(O)C(O)C4O)nn3)cc1Cc1cc(CCCn3cc(C4OC(CO)C(O)C(O)C4O)nn3)cc(c1OCCC)Cc1cc(CCCn3cc(C4OC(CO)C(O)C(O)C4O)nn3)cc(c1OCCC)Cc1cc(CCCn3cc(C4OC(CO)C(O)C(O)C4O)nn3)cc(c1OCCC)C2. The van der Waals surface area contributed by atoms with Crippen LogP contribution in [-0.2, 0) is 96.5 Å². The van der Waals surface area contributed by atoms with Crippen molar-refractivity contribution in [3.8, 4) is 23.0 Å². The number of rotatable bonds is 36. The summed E-state index contributed by atoms with van der Waals surface area (Å²) in [6.45, 7) is 8.76. The number of ether oxygens (including phenoxy) is 8. The Balaban J connectivity index is 0.921. The first-order chi connectivity index (χ1) is 58.0. The fourth-order valence-electron chi connectivity index (χ4n) is 16.7. The third kappa shape index (κ3) is 20.5. The maximum atomic E-state index is 11.0. The predicted octanol–water partition coefficient (Wildman–Crippen LogP) is 0.475. The van der Waals surface area contributed by atoms with Crippen molar-refractivity contribution < 1.29 is 120 Å². The average Bonchev–Trinajstić information content (AvgIpc) is 1.17. The van der Waals surface area contributed by atoms with E-state index in [2.05, 4.69) is 117 Å². The Morgan fingerprint density at radius 3 is 0.658 bits per heavy atom. The number of hydrogen-bond acceptors (Lipinski definition) is 32. The summed E-state index contributed by atoms with van der Waals surface area (Å²) in [6.07, 6.45) is -13.3. The van der Waals surface area contributed by atoms with Crippen molar-refractivity contribution >= 4 is 0 Å². The molecule has 656 valence electrons. The molecule has 4 aromatic carbocycles. The third-order valence-electron chi connectivity index (χ3n) is 22.9. The second kappa shape index (κ2) is 41.3. The number of fused-ring (bicyclic) bond motifs is 8. The van der Waals surface area contributed by atoms with E-state index in [0.717, 1.165) is 66.8 Å². The van der Waals surface area contributed by atoms with Gasteiger partial charge in [0, 0.05) is 51.9 Å². The van der Waals surface area contributed by atoms with Crippen LogP contribution in [0.25, 0.3) is 0 Å². The molecule has 0 spiro atoms. The fraction of sp³-hybridized carbons (Fsp3) is 0.619. The van der Waals surface area contributed by atoms with Crippen molar-refractivity contribution in [1.29, 1.82) is 0 Å². The topological polar surface area (TPSA) is 520 Å². The molecule has 4 saturated heterocycles. The van der Waals surface area contributed by atoms with Crippen molar-refractivity contribution in [2.45, 2.75) is 279 Å². The Morgan fingerprint density at radius 2 is 0.483 bits per heavy atom. The van der Waals surface area contributed by atoms with Gasteiger partial charge in [-0.1, -0.05) is 97.1 Å². The molecule has 8 bridgehead atoms. The summed E-state index contributed by atoms with van der Waals surface area (Å²) in [5, 5.41) is 204. The Kier molecular flexibility index (Phi) is 30.9. The molecule has 1 aliphatic carbocycles. The van der Waals surface area contributed by atoms with Crippen molar-refractivity contribution in [3.05, 3.63) is 163 Å². The first-order valence-electron chi connectivity index (χ1n) is 42.0. The highest BCUT2D eigenvalue weighted by Gasteiger charge is 2.49. The van der Waals surface area contributed by atoms with E-state index in [-0.39, 0.29) is 22.8 Å². The van der Waals surface area contributed by atoms with E-state index in [9.17, 15) is 81.7 Å². The second-order valence-electron chi connectivity index (χ2n) is 32.1. The van der Waals surface area contributed by atoms with E-state index in [1.165, 1.54) is 0 Å². The van der Waals surface area contributed by atoms with E-state index >= 15 is 0 Å². The summed E-state index contributed by atoms with van der Waals surface area (Å²) >= 11 is 0. The zero-order valence-electron chi connectivity index (χ0n) is 68.1. The van der Waals surface area contributed by atoms with Gasteiger partial charge in [0.2, 0.25) is 0 Å². The highest BCUT2D eigenvalue weighted by atomic mass is 16.6. The molecule has 4 aliphatic heterocycles. The van der Waals surface area contributed by atoms with Crippen LogP contribution in [0.15, 0.2) is 73.3 Å². The maximum absolute atomic E-state index is 11.0. The van der Waals surface area contributed by atoms with Crippen LogP contribution < -0.4 is 18.9 Å². The van der Waals surface area contributed by atoms with Gasteiger partial charge in [0.05, 0.1) is 77.6 Å². The van der Waals surface area contributed by atoms with Gasteiger partial charge in [0.1, 0.15) is 168 Å². The van der Waals surface area contributed by atoms with Crippen molar-refractivity contribution in [1.82, 2.24) is 60.0 Å². The van der Waals surface area contributed by atoms with E-state index in [4.69, 9.17) is 37.9 Å². The lowest BCUT2D eigenvalue weighted by atomic mass is 9.87. The summed E-state index contributed by atoms with van der Waals surface area (Å²) < 4.78 is 58.4. The monoisotopic (exact) mass is 1680 g/mol. The predicted molar refractivity (Wildman–Crippen MR) is 424 cm³/mol. The minimum Gasteiger partial charge on any atom is -0.493 e. The molecule has 16 N–H and O–H groups in total. The average molecular weight is 1680 g/mol. The van der Waals surface area contributed by atoms with Gasteiger partial charge in [-0.25, -0.2) is 0 Å². The summed E-state index contributed by atoms with van der Waals surface area (Å²) in [5.74, 6) is 2.77. The Hall–Kier alpha value is -8.16. The molecule has 8 aromatic rings. The van der Waals surface area contributed by atoms with Gasteiger partial charge in [-0.15, -0.1) is 20.4 Å². The second-order valence-corrected chi connectivity index (χ2v) is 32.1. The van der Waals surface area contributed by atoms with Crippen LogP contribution in [-0.4, -0.2) is 292 Å². The van der Waals surface area contributed by atoms with Crippen molar-refractivity contribution in [2.24, 2.45) is 0 Å². The number of aryl methyl sites for hydroxylation is 8. The highest BCUT2D eigenvalue weighted by Crippen LogP contribution is 2.44. The molecule has 4 aromatic heterocycles. The van der Waals surface area contributed by atoms with E-state index in [0.29, 0.717) is 178 Å². The normalized spacial score (nSPS) is 27.7. The van der Waals surface area contributed by atoms with Gasteiger partial charge in [-0.2, -0.15) is 0 Å². The van der Waals surface area contributed by atoms with Crippen LogP contribution in [0.5, 0.6) is 23.0 Å². The number of hydrogen-bond donors (Lipinski definition) is 16. The van der Waals surface area contributed by atoms with Gasteiger partial charge in [0.25, 0.3) is 0 Å². The largest absolute Gasteiger partial charge is 0.493 e. The molecular weight excluding hydrogens is 1560 g/mol. The highest BCUT2D eigenvalue weighted by molar-refractivity contribution is 5.59. The van der Waals surface area contributed by atoms with Crippen LogP contribution >= 0.6 is 0 Å². The van der Waals surface area contributed by atoms with Gasteiger partial charge in [-0.05, 0) is 144 Å². The van der Waals surface area contributed by atoms with Crippen molar-refractivity contribution in [2.75, 3.05) is 52.9 Å². The molecule has 5 aliphatic rings. The van der Waals surface area contributed by atoms with E-state index < -0.39 is 149 Å². The maximum Gasteiger partial charge on any atom is 0.132 e. The van der Waals surface area contributed by atoms with Gasteiger partial charge < -0.3 is 120 Å². The smallest absolute Gasteiger partial charge is 0.132 e. The molecule has 36 nitrogen and oxygen atoms in total. The number of aliphatic hydroxyl groups is 16. The molecule has 36 heteroatoms. The lowest BCUT2D eigenvalue weighted by Gasteiger charge is -2.39. The quantitative estimate of drug-likeness (QED) is 0.0254. The zero-order valence-corrected chi connectivity index (χ0v) is 68.1. The Bertz CT molecular complexity index is 3960. The number of benzene rings is 4.